The highest BCUT2D eigenvalue weighted by molar-refractivity contribution is 6.37. The van der Waals surface area contributed by atoms with E-state index in [0.717, 1.165) is 5.01 Å². The largest absolute Gasteiger partial charge is 0.497 e. The van der Waals surface area contributed by atoms with Gasteiger partial charge in [0, 0.05) is 16.1 Å². The Morgan fingerprint density at radius 2 is 1.89 bits per heavy atom. The number of rotatable bonds is 4. The molecule has 0 fully saturated rings. The molecule has 1 aliphatic rings. The molecule has 1 amide bonds. The van der Waals surface area contributed by atoms with Crippen LogP contribution in [0.5, 0.6) is 5.75 Å². The van der Waals surface area contributed by atoms with E-state index in [-0.39, 0.29) is 17.7 Å². The second kappa shape index (κ2) is 7.38. The zero-order valence-corrected chi connectivity index (χ0v) is 15.4. The predicted octanol–water partition coefficient (Wildman–Crippen LogP) is 2.57. The highest BCUT2D eigenvalue weighted by Gasteiger charge is 2.48. The molecule has 0 saturated heterocycles. The summed E-state index contributed by atoms with van der Waals surface area (Å²) in [5.74, 6) is -0.833. The Morgan fingerprint density at radius 1 is 1.19 bits per heavy atom. The van der Waals surface area contributed by atoms with Gasteiger partial charge in [-0.1, -0.05) is 29.8 Å². The summed E-state index contributed by atoms with van der Waals surface area (Å²) in [5.41, 5.74) is -1.30. The van der Waals surface area contributed by atoms with Crippen molar-refractivity contribution in [3.05, 3.63) is 64.7 Å². The van der Waals surface area contributed by atoms with E-state index in [1.165, 1.54) is 20.3 Å². The van der Waals surface area contributed by atoms with Crippen LogP contribution in [0.4, 0.5) is 0 Å². The van der Waals surface area contributed by atoms with Crippen molar-refractivity contribution < 1.29 is 24.2 Å². The molecule has 1 N–H and O–H groups in total. The summed E-state index contributed by atoms with van der Waals surface area (Å²) < 4.78 is 9.83. The molecule has 1 atom stereocenters. The quantitative estimate of drug-likeness (QED) is 0.813. The molecule has 27 heavy (non-hydrogen) atoms. The highest BCUT2D eigenvalue weighted by Crippen LogP contribution is 2.37. The molecule has 0 spiro atoms. The molecule has 2 aromatic rings. The lowest BCUT2D eigenvalue weighted by atomic mass is 9.96. The SMILES string of the molecule is COC(=O)C1=NN(C(=O)c2cccc(OC)c2)[C@](O)(c2ccc(Cl)cc2)C1. The van der Waals surface area contributed by atoms with Crippen LogP contribution in [0.15, 0.2) is 53.6 Å². The number of halogens is 1. The van der Waals surface area contributed by atoms with Gasteiger partial charge in [0.15, 0.2) is 11.4 Å². The number of esters is 1. The lowest BCUT2D eigenvalue weighted by Gasteiger charge is -2.31. The Bertz CT molecular complexity index is 913. The third-order valence-electron chi connectivity index (χ3n) is 4.22. The van der Waals surface area contributed by atoms with Crippen molar-refractivity contribution in [3.63, 3.8) is 0 Å². The monoisotopic (exact) mass is 388 g/mol. The van der Waals surface area contributed by atoms with E-state index < -0.39 is 17.6 Å². The van der Waals surface area contributed by atoms with Crippen molar-refractivity contribution in [1.82, 2.24) is 5.01 Å². The average molecular weight is 389 g/mol. The van der Waals surface area contributed by atoms with Crippen molar-refractivity contribution in [3.8, 4) is 5.75 Å². The minimum absolute atomic E-state index is 0.0637. The molecule has 2 aromatic carbocycles. The molecule has 1 aliphatic heterocycles. The van der Waals surface area contributed by atoms with Gasteiger partial charge in [0.2, 0.25) is 0 Å². The first-order valence-corrected chi connectivity index (χ1v) is 8.39. The molecular formula is C19H17ClN2O5. The number of hydrogen-bond acceptors (Lipinski definition) is 6. The normalized spacial score (nSPS) is 18.8. The van der Waals surface area contributed by atoms with E-state index in [2.05, 4.69) is 5.10 Å². The van der Waals surface area contributed by atoms with Crippen LogP contribution in [0.2, 0.25) is 5.02 Å². The molecule has 7 nitrogen and oxygen atoms in total. The molecule has 140 valence electrons. The zero-order valence-electron chi connectivity index (χ0n) is 14.7. The summed E-state index contributed by atoms with van der Waals surface area (Å²) in [6, 6.07) is 12.7. The number of carbonyl (C=O) groups is 2. The van der Waals surface area contributed by atoms with Crippen LogP contribution in [0, 0.1) is 0 Å². The fraction of sp³-hybridized carbons (Fsp3) is 0.211. The lowest BCUT2D eigenvalue weighted by Crippen LogP contribution is -2.43. The van der Waals surface area contributed by atoms with E-state index in [1.54, 1.807) is 42.5 Å². The average Bonchev–Trinajstić information content (AvgIpc) is 3.06. The van der Waals surface area contributed by atoms with E-state index in [0.29, 0.717) is 16.3 Å². The maximum atomic E-state index is 13.1. The number of carbonyl (C=O) groups excluding carboxylic acids is 2. The molecule has 1 heterocycles. The van der Waals surface area contributed by atoms with Crippen molar-refractivity contribution >= 4 is 29.2 Å². The molecule has 0 radical (unpaired) electrons. The lowest BCUT2D eigenvalue weighted by molar-refractivity contribution is -0.133. The van der Waals surface area contributed by atoms with Crippen LogP contribution in [0.25, 0.3) is 0 Å². The minimum Gasteiger partial charge on any atom is -0.497 e. The first-order chi connectivity index (χ1) is 12.9. The number of methoxy groups -OCH3 is 2. The van der Waals surface area contributed by atoms with Crippen molar-refractivity contribution in [1.29, 1.82) is 0 Å². The van der Waals surface area contributed by atoms with E-state index in [1.807, 2.05) is 0 Å². The fourth-order valence-electron chi connectivity index (χ4n) is 2.81. The Kier molecular flexibility index (Phi) is 5.16. The number of aliphatic hydroxyl groups is 1. The smallest absolute Gasteiger partial charge is 0.354 e. The topological polar surface area (TPSA) is 88.4 Å². The van der Waals surface area contributed by atoms with Crippen LogP contribution >= 0.6 is 11.6 Å². The van der Waals surface area contributed by atoms with Gasteiger partial charge in [-0.05, 0) is 30.3 Å². The van der Waals surface area contributed by atoms with E-state index in [4.69, 9.17) is 21.1 Å². The summed E-state index contributed by atoms with van der Waals surface area (Å²) >= 11 is 5.91. The van der Waals surface area contributed by atoms with Crippen molar-refractivity contribution in [2.75, 3.05) is 14.2 Å². The molecule has 0 bridgehead atoms. The third-order valence-corrected chi connectivity index (χ3v) is 4.47. The molecule has 8 heteroatoms. The fourth-order valence-corrected chi connectivity index (χ4v) is 2.94. The van der Waals surface area contributed by atoms with Gasteiger partial charge >= 0.3 is 5.97 Å². The van der Waals surface area contributed by atoms with Gasteiger partial charge in [-0.2, -0.15) is 10.1 Å². The van der Waals surface area contributed by atoms with Gasteiger partial charge < -0.3 is 14.6 Å². The standard InChI is InChI=1S/C19H17ClN2O5/c1-26-15-5-3-4-12(10-15)17(23)22-19(25,11-16(21-22)18(24)27-2)13-6-8-14(20)9-7-13/h3-10,25H,11H2,1-2H3/t19-/m1/s1. The molecule has 0 aromatic heterocycles. The number of ether oxygens (including phenoxy) is 2. The third kappa shape index (κ3) is 3.51. The molecule has 0 aliphatic carbocycles. The van der Waals surface area contributed by atoms with Crippen LogP contribution < -0.4 is 4.74 Å². The second-order valence-corrected chi connectivity index (χ2v) is 6.32. The van der Waals surface area contributed by atoms with Gasteiger partial charge in [-0.25, -0.2) is 4.79 Å². The Hall–Kier alpha value is -2.90. The van der Waals surface area contributed by atoms with Gasteiger partial charge in [-0.15, -0.1) is 0 Å². The van der Waals surface area contributed by atoms with Crippen LogP contribution in [0.1, 0.15) is 22.3 Å². The van der Waals surface area contributed by atoms with Crippen LogP contribution in [-0.2, 0) is 15.3 Å². The van der Waals surface area contributed by atoms with E-state index >= 15 is 0 Å². The van der Waals surface area contributed by atoms with Gasteiger partial charge in [-0.3, -0.25) is 4.79 Å². The van der Waals surface area contributed by atoms with Crippen LogP contribution in [0.3, 0.4) is 0 Å². The first kappa shape index (κ1) is 18.9. The van der Waals surface area contributed by atoms with Crippen molar-refractivity contribution in [2.24, 2.45) is 5.10 Å². The number of nitrogens with zero attached hydrogens (tertiary/aromatic N) is 2. The summed E-state index contributed by atoms with van der Waals surface area (Å²) in [5, 5.41) is 16.7. The number of benzene rings is 2. The van der Waals surface area contributed by atoms with Crippen molar-refractivity contribution in [2.45, 2.75) is 12.1 Å². The number of hydrogen-bond donors (Lipinski definition) is 1. The molecular weight excluding hydrogens is 372 g/mol. The Labute approximate surface area is 160 Å². The Balaban J connectivity index is 2.05. The summed E-state index contributed by atoms with van der Waals surface area (Å²) in [6.45, 7) is 0. The highest BCUT2D eigenvalue weighted by atomic mass is 35.5. The van der Waals surface area contributed by atoms with Crippen LogP contribution in [-0.4, -0.2) is 41.9 Å². The summed E-state index contributed by atoms with van der Waals surface area (Å²) in [4.78, 5) is 25.0. The molecule has 0 saturated carbocycles. The summed E-state index contributed by atoms with van der Waals surface area (Å²) in [6.07, 6.45) is -0.211. The maximum Gasteiger partial charge on any atom is 0.354 e. The van der Waals surface area contributed by atoms with Gasteiger partial charge in [0.1, 0.15) is 5.75 Å². The second-order valence-electron chi connectivity index (χ2n) is 5.89. The maximum absolute atomic E-state index is 13.1. The minimum atomic E-state index is -1.85. The number of amides is 1. The van der Waals surface area contributed by atoms with Gasteiger partial charge in [0.25, 0.3) is 5.91 Å². The summed E-state index contributed by atoms with van der Waals surface area (Å²) in [7, 11) is 2.69. The zero-order chi connectivity index (χ0) is 19.6. The Morgan fingerprint density at radius 3 is 2.52 bits per heavy atom. The molecule has 3 rings (SSSR count). The molecule has 0 unspecified atom stereocenters. The number of hydrazone groups is 1. The van der Waals surface area contributed by atoms with E-state index in [9.17, 15) is 14.7 Å². The first-order valence-electron chi connectivity index (χ1n) is 8.02. The predicted molar refractivity (Wildman–Crippen MR) is 98.6 cm³/mol. The van der Waals surface area contributed by atoms with Gasteiger partial charge in [0.05, 0.1) is 20.6 Å².